The van der Waals surface area contributed by atoms with Gasteiger partial charge in [-0.2, -0.15) is 0 Å². The van der Waals surface area contributed by atoms with Crippen molar-refractivity contribution in [3.8, 4) is 11.5 Å². The number of nitrogens with zero attached hydrogens (tertiary/aromatic N) is 1. The van der Waals surface area contributed by atoms with Gasteiger partial charge in [-0.05, 0) is 53.9 Å². The molecule has 2 amide bonds. The molecule has 0 saturated carbocycles. The fraction of sp³-hybridized carbons (Fsp3) is 0.263. The second-order valence-corrected chi connectivity index (χ2v) is 6.21. The molecule has 0 fully saturated rings. The highest BCUT2D eigenvalue weighted by Crippen LogP contribution is 2.36. The monoisotopic (exact) mass is 338 g/mol. The highest BCUT2D eigenvalue weighted by atomic mass is 16.7. The molecule has 6 nitrogen and oxygen atoms in total. The van der Waals surface area contributed by atoms with Gasteiger partial charge in [0.1, 0.15) is 0 Å². The molecule has 0 saturated heterocycles. The molecule has 0 radical (unpaired) electrons. The Morgan fingerprint density at radius 2 is 1.72 bits per heavy atom. The average Bonchev–Trinajstić information content (AvgIpc) is 3.06. The highest BCUT2D eigenvalue weighted by molar-refractivity contribution is 5.95. The number of rotatable bonds is 2. The highest BCUT2D eigenvalue weighted by Gasteiger charge is 2.25. The number of carbonyl (C=O) groups is 2. The number of nitrogens with one attached hydrogen (secondary N) is 1. The zero-order valence-corrected chi connectivity index (χ0v) is 13.9. The van der Waals surface area contributed by atoms with E-state index in [1.165, 1.54) is 12.5 Å². The molecule has 0 bridgehead atoms. The van der Waals surface area contributed by atoms with Crippen LogP contribution in [0.5, 0.6) is 11.5 Å². The summed E-state index contributed by atoms with van der Waals surface area (Å²) >= 11 is 0. The lowest BCUT2D eigenvalue weighted by Crippen LogP contribution is -2.35. The van der Waals surface area contributed by atoms with Gasteiger partial charge in [-0.25, -0.2) is 0 Å². The van der Waals surface area contributed by atoms with E-state index in [0.29, 0.717) is 24.3 Å². The summed E-state index contributed by atoms with van der Waals surface area (Å²) < 4.78 is 10.8. The number of anilines is 1. The molecule has 6 heteroatoms. The van der Waals surface area contributed by atoms with Crippen molar-refractivity contribution in [3.63, 3.8) is 0 Å². The third-order valence-corrected chi connectivity index (χ3v) is 4.45. The molecule has 2 aromatic carbocycles. The van der Waals surface area contributed by atoms with Crippen LogP contribution in [0, 0.1) is 0 Å². The molecule has 0 aliphatic carbocycles. The molecule has 1 N–H and O–H groups in total. The Balaban J connectivity index is 1.51. The Morgan fingerprint density at radius 3 is 2.40 bits per heavy atom. The summed E-state index contributed by atoms with van der Waals surface area (Å²) in [6, 6.07) is 10.9. The van der Waals surface area contributed by atoms with Gasteiger partial charge in [0.05, 0.1) is 0 Å². The summed E-state index contributed by atoms with van der Waals surface area (Å²) in [7, 11) is 0. The Labute approximate surface area is 145 Å². The second kappa shape index (κ2) is 6.12. The summed E-state index contributed by atoms with van der Waals surface area (Å²) in [5.74, 6) is 1.38. The first-order valence-corrected chi connectivity index (χ1v) is 8.18. The molecule has 25 heavy (non-hydrogen) atoms. The minimum atomic E-state index is -0.134. The molecule has 2 aliphatic rings. The summed E-state index contributed by atoms with van der Waals surface area (Å²) in [4.78, 5) is 25.7. The number of hydrogen-bond donors (Lipinski definition) is 1. The third-order valence-electron chi connectivity index (χ3n) is 4.45. The van der Waals surface area contributed by atoms with Crippen LogP contribution in [0.3, 0.4) is 0 Å². The second-order valence-electron chi connectivity index (χ2n) is 6.21. The number of amides is 2. The molecule has 0 spiro atoms. The number of benzene rings is 2. The smallest absolute Gasteiger partial charge is 0.254 e. The quantitative estimate of drug-likeness (QED) is 0.914. The Morgan fingerprint density at radius 1 is 1.04 bits per heavy atom. The van der Waals surface area contributed by atoms with Gasteiger partial charge in [0.25, 0.3) is 5.91 Å². The van der Waals surface area contributed by atoms with Gasteiger partial charge in [-0.3, -0.25) is 9.59 Å². The summed E-state index contributed by atoms with van der Waals surface area (Å²) in [5.41, 5.74) is 3.59. The van der Waals surface area contributed by atoms with Crippen molar-refractivity contribution in [2.75, 3.05) is 18.7 Å². The van der Waals surface area contributed by atoms with Crippen LogP contribution >= 0.6 is 0 Å². The normalized spacial score (nSPS) is 14.8. The van der Waals surface area contributed by atoms with Crippen molar-refractivity contribution in [3.05, 3.63) is 53.1 Å². The lowest BCUT2D eigenvalue weighted by molar-refractivity contribution is -0.114. The molecular weight excluding hydrogens is 320 g/mol. The van der Waals surface area contributed by atoms with Crippen LogP contribution in [-0.2, 0) is 17.8 Å². The SMILES string of the molecule is CC(=O)Nc1ccc(C(=O)N2CCc3cc4c(cc3C2)OCO4)cc1. The van der Waals surface area contributed by atoms with E-state index in [4.69, 9.17) is 9.47 Å². The number of hydrogen-bond acceptors (Lipinski definition) is 4. The number of fused-ring (bicyclic) bond motifs is 2. The van der Waals surface area contributed by atoms with E-state index in [9.17, 15) is 9.59 Å². The van der Waals surface area contributed by atoms with Crippen LogP contribution in [0.4, 0.5) is 5.69 Å². The van der Waals surface area contributed by atoms with E-state index < -0.39 is 0 Å². The maximum absolute atomic E-state index is 12.8. The van der Waals surface area contributed by atoms with Crippen molar-refractivity contribution >= 4 is 17.5 Å². The number of carbonyl (C=O) groups excluding carboxylic acids is 2. The molecule has 0 aromatic heterocycles. The van der Waals surface area contributed by atoms with Crippen LogP contribution < -0.4 is 14.8 Å². The predicted molar refractivity (Wildman–Crippen MR) is 91.8 cm³/mol. The van der Waals surface area contributed by atoms with E-state index in [1.54, 1.807) is 24.3 Å². The largest absolute Gasteiger partial charge is 0.454 e. The van der Waals surface area contributed by atoms with Crippen LogP contribution in [0.1, 0.15) is 28.4 Å². The maximum atomic E-state index is 12.8. The van der Waals surface area contributed by atoms with Gasteiger partial charge in [0, 0.05) is 31.3 Å². The first-order valence-electron chi connectivity index (χ1n) is 8.18. The van der Waals surface area contributed by atoms with Crippen molar-refractivity contribution in [2.45, 2.75) is 19.9 Å². The van der Waals surface area contributed by atoms with Crippen LogP contribution in [0.25, 0.3) is 0 Å². The molecule has 4 rings (SSSR count). The lowest BCUT2D eigenvalue weighted by atomic mass is 9.98. The van der Waals surface area contributed by atoms with Crippen molar-refractivity contribution in [1.29, 1.82) is 0 Å². The van der Waals surface area contributed by atoms with Crippen molar-refractivity contribution in [2.24, 2.45) is 0 Å². The summed E-state index contributed by atoms with van der Waals surface area (Å²) in [6.07, 6.45) is 0.793. The standard InChI is InChI=1S/C19H18N2O4/c1-12(22)20-16-4-2-13(3-5-16)19(23)21-7-6-14-8-17-18(25-11-24-17)9-15(14)10-21/h2-5,8-9H,6-7,10-11H2,1H3,(H,20,22). The van der Waals surface area contributed by atoms with Crippen molar-refractivity contribution in [1.82, 2.24) is 4.90 Å². The minimum Gasteiger partial charge on any atom is -0.454 e. The van der Waals surface area contributed by atoms with Gasteiger partial charge in [0.15, 0.2) is 11.5 Å². The molecule has 2 aliphatic heterocycles. The number of ether oxygens (including phenoxy) is 2. The molecule has 2 heterocycles. The summed E-state index contributed by atoms with van der Waals surface area (Å²) in [5, 5.41) is 2.70. The summed E-state index contributed by atoms with van der Waals surface area (Å²) in [6.45, 7) is 2.93. The maximum Gasteiger partial charge on any atom is 0.254 e. The van der Waals surface area contributed by atoms with Crippen LogP contribution in [0.15, 0.2) is 36.4 Å². The first-order chi connectivity index (χ1) is 12.1. The molecule has 0 unspecified atom stereocenters. The first kappa shape index (κ1) is 15.5. The third kappa shape index (κ3) is 3.03. The molecule has 0 atom stereocenters. The van der Waals surface area contributed by atoms with Gasteiger partial charge in [0.2, 0.25) is 12.7 Å². The van der Waals surface area contributed by atoms with Gasteiger partial charge in [-0.1, -0.05) is 0 Å². The fourth-order valence-electron chi connectivity index (χ4n) is 3.20. The minimum absolute atomic E-state index is 0.0160. The molecule has 2 aromatic rings. The van der Waals surface area contributed by atoms with E-state index in [0.717, 1.165) is 23.5 Å². The van der Waals surface area contributed by atoms with E-state index in [-0.39, 0.29) is 18.6 Å². The Bertz CT molecular complexity index is 845. The van der Waals surface area contributed by atoms with Crippen LogP contribution in [0.2, 0.25) is 0 Å². The van der Waals surface area contributed by atoms with Gasteiger partial charge >= 0.3 is 0 Å². The zero-order valence-electron chi connectivity index (χ0n) is 13.9. The van der Waals surface area contributed by atoms with Gasteiger partial charge < -0.3 is 19.7 Å². The Hall–Kier alpha value is -3.02. The van der Waals surface area contributed by atoms with Crippen molar-refractivity contribution < 1.29 is 19.1 Å². The van der Waals surface area contributed by atoms with E-state index >= 15 is 0 Å². The average molecular weight is 338 g/mol. The topological polar surface area (TPSA) is 67.9 Å². The molecular formula is C19H18N2O4. The van der Waals surface area contributed by atoms with E-state index in [2.05, 4.69) is 5.32 Å². The lowest BCUT2D eigenvalue weighted by Gasteiger charge is -2.29. The van der Waals surface area contributed by atoms with Gasteiger partial charge in [-0.15, -0.1) is 0 Å². The zero-order chi connectivity index (χ0) is 17.4. The molecule has 128 valence electrons. The van der Waals surface area contributed by atoms with Crippen LogP contribution in [-0.4, -0.2) is 30.1 Å². The Kier molecular flexibility index (Phi) is 3.80. The fourth-order valence-corrected chi connectivity index (χ4v) is 3.20. The predicted octanol–water partition coefficient (Wildman–Crippen LogP) is 2.57. The van der Waals surface area contributed by atoms with E-state index in [1.807, 2.05) is 17.0 Å².